The third kappa shape index (κ3) is 6.33. The summed E-state index contributed by atoms with van der Waals surface area (Å²) < 4.78 is 46.8. The largest absolute Gasteiger partial charge is 0.496 e. The van der Waals surface area contributed by atoms with E-state index in [9.17, 15) is 17.6 Å². The molecule has 0 aliphatic carbocycles. The Morgan fingerprint density at radius 2 is 1.73 bits per heavy atom. The van der Waals surface area contributed by atoms with Gasteiger partial charge in [0.1, 0.15) is 18.1 Å². The van der Waals surface area contributed by atoms with Crippen LogP contribution < -0.4 is 14.4 Å². The molecule has 0 saturated carbocycles. The van der Waals surface area contributed by atoms with Crippen molar-refractivity contribution in [1.29, 1.82) is 0 Å². The van der Waals surface area contributed by atoms with Gasteiger partial charge in [-0.05, 0) is 77.3 Å². The number of nitrogens with one attached hydrogen (secondary N) is 1. The molecule has 0 unspecified atom stereocenters. The van der Waals surface area contributed by atoms with Crippen molar-refractivity contribution in [2.45, 2.75) is 18.2 Å². The second kappa shape index (κ2) is 10.8. The maximum Gasteiger partial charge on any atom is 0.264 e. The average Bonchev–Trinajstić information content (AvgIpc) is 2.79. The number of aryl methyl sites for hydroxylation is 1. The number of ether oxygens (including phenoxy) is 1. The van der Waals surface area contributed by atoms with Crippen LogP contribution in [0.15, 0.2) is 76.1 Å². The first-order valence-corrected chi connectivity index (χ1v) is 12.4. The quantitative estimate of drug-likeness (QED) is 0.439. The Balaban J connectivity index is 1.80. The zero-order valence-electron chi connectivity index (χ0n) is 18.2. The lowest BCUT2D eigenvalue weighted by molar-refractivity contribution is -0.119. The lowest BCUT2D eigenvalue weighted by Crippen LogP contribution is -2.41. The molecular formula is C24H24BrFN2O4S. The summed E-state index contributed by atoms with van der Waals surface area (Å²) in [5, 5.41) is 2.74. The van der Waals surface area contributed by atoms with Crippen molar-refractivity contribution < 1.29 is 22.3 Å². The zero-order valence-corrected chi connectivity index (χ0v) is 20.6. The van der Waals surface area contributed by atoms with Crippen molar-refractivity contribution in [2.24, 2.45) is 0 Å². The van der Waals surface area contributed by atoms with E-state index in [2.05, 4.69) is 21.2 Å². The van der Waals surface area contributed by atoms with Crippen LogP contribution in [0.4, 0.5) is 10.1 Å². The van der Waals surface area contributed by atoms with Gasteiger partial charge in [-0.1, -0.05) is 29.8 Å². The Morgan fingerprint density at radius 3 is 2.33 bits per heavy atom. The molecule has 6 nitrogen and oxygen atoms in total. The van der Waals surface area contributed by atoms with Gasteiger partial charge < -0.3 is 10.1 Å². The lowest BCUT2D eigenvalue weighted by atomic mass is 10.1. The normalized spacial score (nSPS) is 11.2. The van der Waals surface area contributed by atoms with Crippen LogP contribution in [0.1, 0.15) is 11.1 Å². The highest BCUT2D eigenvalue weighted by Gasteiger charge is 2.28. The Hall–Kier alpha value is -2.91. The van der Waals surface area contributed by atoms with Gasteiger partial charge in [-0.3, -0.25) is 9.10 Å². The second-order valence-corrected chi connectivity index (χ2v) is 10.1. The van der Waals surface area contributed by atoms with E-state index in [0.29, 0.717) is 28.9 Å². The summed E-state index contributed by atoms with van der Waals surface area (Å²) in [5.41, 5.74) is 2.20. The molecule has 0 fully saturated rings. The number of hydrogen-bond acceptors (Lipinski definition) is 4. The average molecular weight is 535 g/mol. The molecule has 0 aromatic heterocycles. The third-order valence-corrected chi connectivity index (χ3v) is 7.36. The van der Waals surface area contributed by atoms with E-state index < -0.39 is 22.5 Å². The fourth-order valence-electron chi connectivity index (χ4n) is 3.14. The van der Waals surface area contributed by atoms with Gasteiger partial charge in [0.25, 0.3) is 10.0 Å². The van der Waals surface area contributed by atoms with Gasteiger partial charge in [0.05, 0.1) is 22.2 Å². The van der Waals surface area contributed by atoms with Crippen molar-refractivity contribution >= 4 is 37.5 Å². The smallest absolute Gasteiger partial charge is 0.264 e. The Bertz CT molecular complexity index is 1220. The minimum Gasteiger partial charge on any atom is -0.496 e. The topological polar surface area (TPSA) is 75.7 Å². The molecule has 0 saturated heterocycles. The highest BCUT2D eigenvalue weighted by molar-refractivity contribution is 9.10. The molecule has 0 spiro atoms. The van der Waals surface area contributed by atoms with Gasteiger partial charge in [-0.25, -0.2) is 12.8 Å². The maximum atomic E-state index is 13.5. The van der Waals surface area contributed by atoms with Crippen molar-refractivity contribution in [3.8, 4) is 5.75 Å². The summed E-state index contributed by atoms with van der Waals surface area (Å²) in [6, 6.07) is 17.3. The first kappa shape index (κ1) is 24.7. The van der Waals surface area contributed by atoms with Crippen LogP contribution in [0.3, 0.4) is 0 Å². The molecule has 174 valence electrons. The Labute approximate surface area is 201 Å². The van der Waals surface area contributed by atoms with Crippen LogP contribution in [-0.2, 0) is 21.2 Å². The first-order valence-electron chi connectivity index (χ1n) is 10.1. The fraction of sp³-hybridized carbons (Fsp3) is 0.208. The van der Waals surface area contributed by atoms with Crippen LogP contribution >= 0.6 is 15.9 Å². The molecule has 0 atom stereocenters. The lowest BCUT2D eigenvalue weighted by Gasteiger charge is -2.24. The number of amides is 1. The summed E-state index contributed by atoms with van der Waals surface area (Å²) >= 11 is 3.32. The van der Waals surface area contributed by atoms with E-state index in [-0.39, 0.29) is 10.7 Å². The van der Waals surface area contributed by atoms with Crippen molar-refractivity contribution in [3.05, 3.63) is 88.1 Å². The molecule has 3 rings (SSSR count). The molecule has 0 bridgehead atoms. The number of methoxy groups -OCH3 is 1. The first-order chi connectivity index (χ1) is 15.7. The van der Waals surface area contributed by atoms with E-state index in [4.69, 9.17) is 4.74 Å². The summed E-state index contributed by atoms with van der Waals surface area (Å²) in [6.07, 6.45) is 0.495. The summed E-state index contributed by atoms with van der Waals surface area (Å²) in [4.78, 5) is 12.7. The molecule has 9 heteroatoms. The van der Waals surface area contributed by atoms with E-state index in [0.717, 1.165) is 15.4 Å². The molecule has 33 heavy (non-hydrogen) atoms. The maximum absolute atomic E-state index is 13.5. The van der Waals surface area contributed by atoms with Crippen LogP contribution in [-0.4, -0.2) is 34.5 Å². The number of carbonyl (C=O) groups is 1. The van der Waals surface area contributed by atoms with E-state index in [1.54, 1.807) is 42.5 Å². The molecule has 0 radical (unpaired) electrons. The molecule has 3 aromatic carbocycles. The van der Waals surface area contributed by atoms with Crippen molar-refractivity contribution in [3.63, 3.8) is 0 Å². The van der Waals surface area contributed by atoms with E-state index >= 15 is 0 Å². The van der Waals surface area contributed by atoms with E-state index in [1.807, 2.05) is 6.92 Å². The minimum absolute atomic E-state index is 0.0230. The number of benzene rings is 3. The van der Waals surface area contributed by atoms with Gasteiger partial charge >= 0.3 is 0 Å². The minimum atomic E-state index is -4.05. The van der Waals surface area contributed by atoms with Crippen LogP contribution in [0.5, 0.6) is 5.75 Å². The highest BCUT2D eigenvalue weighted by Crippen LogP contribution is 2.30. The third-order valence-electron chi connectivity index (χ3n) is 4.97. The molecule has 0 heterocycles. The van der Waals surface area contributed by atoms with Gasteiger partial charge in [-0.2, -0.15) is 0 Å². The zero-order chi connectivity index (χ0) is 24.0. The molecule has 0 aliphatic rings. The standard InChI is InChI=1S/C24H24BrFN2O4S/c1-17-3-9-20(10-4-17)28(33(30,31)21-11-12-23(32-2)22(25)15-21)16-24(29)27-14-13-18-5-7-19(26)8-6-18/h3-12,15H,13-14,16H2,1-2H3,(H,27,29). The van der Waals surface area contributed by atoms with Gasteiger partial charge in [0, 0.05) is 6.54 Å². The predicted octanol–water partition coefficient (Wildman–Crippen LogP) is 4.46. The van der Waals surface area contributed by atoms with Crippen LogP contribution in [0.2, 0.25) is 0 Å². The number of sulfonamides is 1. The van der Waals surface area contributed by atoms with Gasteiger partial charge in [0.15, 0.2) is 0 Å². The highest BCUT2D eigenvalue weighted by atomic mass is 79.9. The van der Waals surface area contributed by atoms with E-state index in [1.165, 1.54) is 31.4 Å². The Kier molecular flexibility index (Phi) is 8.10. The molecule has 0 aliphatic heterocycles. The number of halogens is 2. The number of carbonyl (C=O) groups excluding carboxylic acids is 1. The number of rotatable bonds is 9. The van der Waals surface area contributed by atoms with Crippen molar-refractivity contribution in [2.75, 3.05) is 24.5 Å². The molecular weight excluding hydrogens is 511 g/mol. The molecule has 1 amide bonds. The predicted molar refractivity (Wildman–Crippen MR) is 130 cm³/mol. The second-order valence-electron chi connectivity index (χ2n) is 7.37. The summed E-state index contributed by atoms with van der Waals surface area (Å²) in [7, 11) is -2.56. The summed E-state index contributed by atoms with van der Waals surface area (Å²) in [5.74, 6) is -0.282. The number of nitrogens with zero attached hydrogens (tertiary/aromatic N) is 1. The number of anilines is 1. The molecule has 3 aromatic rings. The SMILES string of the molecule is COc1ccc(S(=O)(=O)N(CC(=O)NCCc2ccc(F)cc2)c2ccc(C)cc2)cc1Br. The Morgan fingerprint density at radius 1 is 1.06 bits per heavy atom. The monoisotopic (exact) mass is 534 g/mol. The van der Waals surface area contributed by atoms with Crippen LogP contribution in [0.25, 0.3) is 0 Å². The van der Waals surface area contributed by atoms with Crippen LogP contribution in [0, 0.1) is 12.7 Å². The summed E-state index contributed by atoms with van der Waals surface area (Å²) in [6.45, 7) is 1.80. The number of hydrogen-bond donors (Lipinski definition) is 1. The van der Waals surface area contributed by atoms with Gasteiger partial charge in [-0.15, -0.1) is 0 Å². The fourth-order valence-corrected chi connectivity index (χ4v) is 5.28. The van der Waals surface area contributed by atoms with Gasteiger partial charge in [0.2, 0.25) is 5.91 Å². The van der Waals surface area contributed by atoms with Crippen molar-refractivity contribution in [1.82, 2.24) is 5.32 Å². The molecule has 1 N–H and O–H groups in total.